The molecule has 1 aliphatic rings. The minimum atomic E-state index is 0.784. The van der Waals surface area contributed by atoms with E-state index in [0.29, 0.717) is 0 Å². The van der Waals surface area contributed by atoms with Crippen LogP contribution in [0.15, 0.2) is 162 Å². The lowest BCUT2D eigenvalue weighted by Crippen LogP contribution is -2.27. The molecule has 1 heterocycles. The summed E-state index contributed by atoms with van der Waals surface area (Å²) >= 11 is 0. The van der Waals surface area contributed by atoms with Gasteiger partial charge in [-0.05, 0) is 58.4 Å². The minimum absolute atomic E-state index is 0.784. The van der Waals surface area contributed by atoms with Gasteiger partial charge in [0.15, 0.2) is 0 Å². The first-order valence-electron chi connectivity index (χ1n) is 13.8. The van der Waals surface area contributed by atoms with Crippen LogP contribution in [0.5, 0.6) is 0 Å². The normalized spacial score (nSPS) is 14.8. The van der Waals surface area contributed by atoms with Crippen LogP contribution in [0.3, 0.4) is 0 Å². The molecule has 0 aromatic heterocycles. The number of aliphatic imine (C=N–C) groups is 1. The zero-order chi connectivity index (χ0) is 27.1. The van der Waals surface area contributed by atoms with Gasteiger partial charge in [-0.1, -0.05) is 140 Å². The zero-order valence-electron chi connectivity index (χ0n) is 22.7. The van der Waals surface area contributed by atoms with Crippen molar-refractivity contribution in [1.82, 2.24) is 5.32 Å². The van der Waals surface area contributed by atoms with Crippen molar-refractivity contribution in [3.8, 4) is 22.3 Å². The van der Waals surface area contributed by atoms with Crippen LogP contribution in [-0.2, 0) is 6.42 Å². The Balaban J connectivity index is 1.42. The first-order valence-corrected chi connectivity index (χ1v) is 13.8. The molecule has 0 radical (unpaired) electrons. The largest absolute Gasteiger partial charge is 0.343 e. The summed E-state index contributed by atoms with van der Waals surface area (Å²) < 4.78 is 0. The van der Waals surface area contributed by atoms with Gasteiger partial charge in [-0.15, -0.1) is 0 Å². The van der Waals surface area contributed by atoms with Crippen LogP contribution in [-0.4, -0.2) is 5.84 Å². The van der Waals surface area contributed by atoms with Crippen molar-refractivity contribution in [3.05, 3.63) is 174 Å². The summed E-state index contributed by atoms with van der Waals surface area (Å²) in [7, 11) is 0. The lowest BCUT2D eigenvalue weighted by Gasteiger charge is -2.21. The standard InChI is InChI=1S/C38H32N2/c1-28-22-23-36(32-18-10-4-11-19-32)39-38(33-20-12-5-13-21-33)40-37(28)26-29-24-34(30-14-6-2-7-15-30)27-35(25-29)31-16-8-3-9-17-31/h2-21,23-25,27H,22,26H2,1H3,(H,39,40)/b36-23+,37-28?. The average Bonchev–Trinajstić information content (AvgIpc) is 3.02. The molecule has 6 rings (SSSR count). The molecule has 2 heteroatoms. The van der Waals surface area contributed by atoms with Crippen molar-refractivity contribution in [3.63, 3.8) is 0 Å². The number of allylic oxidation sites excluding steroid dienone is 3. The number of hydrogen-bond acceptors (Lipinski definition) is 2. The topological polar surface area (TPSA) is 24.4 Å². The fourth-order valence-electron chi connectivity index (χ4n) is 5.13. The van der Waals surface area contributed by atoms with Crippen molar-refractivity contribution < 1.29 is 0 Å². The Hall–Kier alpha value is -4.95. The molecule has 0 fully saturated rings. The smallest absolute Gasteiger partial charge is 0.138 e. The number of nitrogens with zero attached hydrogens (tertiary/aromatic N) is 1. The molecule has 0 unspecified atom stereocenters. The minimum Gasteiger partial charge on any atom is -0.343 e. The Morgan fingerprint density at radius 3 is 1.55 bits per heavy atom. The zero-order valence-corrected chi connectivity index (χ0v) is 22.7. The first kappa shape index (κ1) is 25.3. The Morgan fingerprint density at radius 1 is 0.550 bits per heavy atom. The van der Waals surface area contributed by atoms with Crippen molar-refractivity contribution in [1.29, 1.82) is 0 Å². The maximum atomic E-state index is 5.17. The molecule has 0 aliphatic carbocycles. The van der Waals surface area contributed by atoms with Gasteiger partial charge in [0.05, 0.1) is 5.70 Å². The summed E-state index contributed by atoms with van der Waals surface area (Å²) in [5, 5.41) is 3.78. The molecular weight excluding hydrogens is 484 g/mol. The number of amidine groups is 1. The monoisotopic (exact) mass is 516 g/mol. The third-order valence-electron chi connectivity index (χ3n) is 7.32. The van der Waals surface area contributed by atoms with Gasteiger partial charge >= 0.3 is 0 Å². The molecule has 40 heavy (non-hydrogen) atoms. The van der Waals surface area contributed by atoms with E-state index in [1.54, 1.807) is 0 Å². The molecule has 5 aromatic carbocycles. The lowest BCUT2D eigenvalue weighted by atomic mass is 9.93. The first-order chi connectivity index (χ1) is 19.7. The average molecular weight is 517 g/mol. The second-order valence-electron chi connectivity index (χ2n) is 10.2. The molecule has 0 saturated heterocycles. The van der Waals surface area contributed by atoms with Gasteiger partial charge in [0.2, 0.25) is 0 Å². The molecule has 0 bridgehead atoms. The van der Waals surface area contributed by atoms with Crippen molar-refractivity contribution in [2.45, 2.75) is 19.8 Å². The van der Waals surface area contributed by atoms with Gasteiger partial charge < -0.3 is 5.32 Å². The highest BCUT2D eigenvalue weighted by Gasteiger charge is 2.15. The molecule has 1 N–H and O–H groups in total. The van der Waals surface area contributed by atoms with E-state index in [9.17, 15) is 0 Å². The molecule has 1 aliphatic heterocycles. The highest BCUT2D eigenvalue weighted by molar-refractivity contribution is 6.03. The summed E-state index contributed by atoms with van der Waals surface area (Å²) in [6.07, 6.45) is 3.87. The van der Waals surface area contributed by atoms with Crippen LogP contribution in [0.1, 0.15) is 30.0 Å². The van der Waals surface area contributed by atoms with Gasteiger partial charge in [0.1, 0.15) is 5.84 Å². The van der Waals surface area contributed by atoms with E-state index in [1.165, 1.54) is 39.1 Å². The molecule has 0 saturated carbocycles. The summed E-state index contributed by atoms with van der Waals surface area (Å²) in [6, 6.07) is 49.1. The van der Waals surface area contributed by atoms with E-state index in [1.807, 2.05) is 12.1 Å². The van der Waals surface area contributed by atoms with Crippen LogP contribution < -0.4 is 5.32 Å². The van der Waals surface area contributed by atoms with Crippen LogP contribution in [0.4, 0.5) is 0 Å². The second-order valence-corrected chi connectivity index (χ2v) is 10.2. The van der Waals surface area contributed by atoms with Gasteiger partial charge in [-0.25, -0.2) is 4.99 Å². The second kappa shape index (κ2) is 11.8. The highest BCUT2D eigenvalue weighted by Crippen LogP contribution is 2.30. The predicted molar refractivity (Wildman–Crippen MR) is 169 cm³/mol. The van der Waals surface area contributed by atoms with E-state index >= 15 is 0 Å². The van der Waals surface area contributed by atoms with E-state index in [0.717, 1.165) is 35.5 Å². The fourth-order valence-corrected chi connectivity index (χ4v) is 5.13. The molecule has 2 nitrogen and oxygen atoms in total. The van der Waals surface area contributed by atoms with Gasteiger partial charge in [-0.3, -0.25) is 0 Å². The molecule has 194 valence electrons. The van der Waals surface area contributed by atoms with Crippen molar-refractivity contribution >= 4 is 11.5 Å². The number of nitrogens with one attached hydrogen (secondary N) is 1. The Kier molecular flexibility index (Phi) is 7.50. The van der Waals surface area contributed by atoms with Crippen LogP contribution in [0.2, 0.25) is 0 Å². The molecule has 0 spiro atoms. The number of hydrogen-bond donors (Lipinski definition) is 1. The fraction of sp³-hybridized carbons (Fsp3) is 0.0789. The van der Waals surface area contributed by atoms with E-state index in [2.05, 4.69) is 146 Å². The Morgan fingerprint density at radius 2 is 1.02 bits per heavy atom. The number of benzene rings is 5. The summed E-state index contributed by atoms with van der Waals surface area (Å²) in [4.78, 5) is 5.17. The van der Waals surface area contributed by atoms with Crippen LogP contribution >= 0.6 is 0 Å². The maximum absolute atomic E-state index is 5.17. The van der Waals surface area contributed by atoms with Gasteiger partial charge in [0, 0.05) is 17.7 Å². The van der Waals surface area contributed by atoms with Crippen molar-refractivity contribution in [2.75, 3.05) is 0 Å². The van der Waals surface area contributed by atoms with E-state index < -0.39 is 0 Å². The Labute approximate surface area is 237 Å². The lowest BCUT2D eigenvalue weighted by molar-refractivity contribution is 0.941. The summed E-state index contributed by atoms with van der Waals surface area (Å²) in [6.45, 7) is 2.23. The van der Waals surface area contributed by atoms with Gasteiger partial charge in [0.25, 0.3) is 0 Å². The number of rotatable bonds is 6. The SMILES string of the molecule is CC1=C(Cc2cc(-c3ccccc3)cc(-c3ccccc3)c2)NC(c2ccccc2)=N/C(c2ccccc2)=C/C1. The molecule has 0 atom stereocenters. The Bertz CT molecular complexity index is 1620. The predicted octanol–water partition coefficient (Wildman–Crippen LogP) is 9.32. The van der Waals surface area contributed by atoms with E-state index in [-0.39, 0.29) is 0 Å². The molecular formula is C38H32N2. The third kappa shape index (κ3) is 5.87. The van der Waals surface area contributed by atoms with Crippen LogP contribution in [0.25, 0.3) is 28.0 Å². The van der Waals surface area contributed by atoms with Crippen molar-refractivity contribution in [2.24, 2.45) is 4.99 Å². The van der Waals surface area contributed by atoms with Crippen LogP contribution in [0, 0.1) is 0 Å². The summed E-state index contributed by atoms with van der Waals surface area (Å²) in [5.74, 6) is 0.868. The van der Waals surface area contributed by atoms with Gasteiger partial charge in [-0.2, -0.15) is 0 Å². The molecule has 0 amide bonds. The third-order valence-corrected chi connectivity index (χ3v) is 7.32. The van der Waals surface area contributed by atoms with E-state index in [4.69, 9.17) is 4.99 Å². The quantitative estimate of drug-likeness (QED) is 0.239. The maximum Gasteiger partial charge on any atom is 0.138 e. The molecule has 5 aromatic rings. The highest BCUT2D eigenvalue weighted by atomic mass is 15.0. The summed E-state index contributed by atoms with van der Waals surface area (Å²) in [5.41, 5.74) is 11.8.